The molecule has 0 saturated heterocycles. The molecule has 0 fully saturated rings. The summed E-state index contributed by atoms with van der Waals surface area (Å²) in [5.74, 6) is 0. The Morgan fingerprint density at radius 2 is 2.00 bits per heavy atom. The van der Waals surface area contributed by atoms with Crippen molar-refractivity contribution in [1.29, 1.82) is 0 Å². The first-order chi connectivity index (χ1) is 5.25. The number of rotatable bonds is 2. The number of hydrogen-bond acceptors (Lipinski definition) is 3. The van der Waals surface area contributed by atoms with Crippen LogP contribution in [0, 0.1) is 15.3 Å². The monoisotopic (exact) mass is 154 g/mol. The van der Waals surface area contributed by atoms with Gasteiger partial charge in [0, 0.05) is 12.1 Å². The minimum Gasteiger partial charge on any atom is -0.630 e. The fourth-order valence-corrected chi connectivity index (χ4v) is 0.753. The lowest BCUT2D eigenvalue weighted by Gasteiger charge is -2.00. The molecular weight excluding hydrogens is 148 g/mol. The molecule has 0 radical (unpaired) electrons. The molecule has 0 unspecified atom stereocenters. The third-order valence-corrected chi connectivity index (χ3v) is 1.26. The predicted molar refractivity (Wildman–Crippen MR) is 38.0 cm³/mol. The summed E-state index contributed by atoms with van der Waals surface area (Å²) >= 11 is 0. The van der Waals surface area contributed by atoms with Crippen LogP contribution in [0.1, 0.15) is 0 Å². The van der Waals surface area contributed by atoms with E-state index in [0.717, 1.165) is 0 Å². The van der Waals surface area contributed by atoms with Crippen LogP contribution in [0.3, 0.4) is 0 Å². The second kappa shape index (κ2) is 3.09. The van der Waals surface area contributed by atoms with Crippen molar-refractivity contribution in [2.75, 3.05) is 0 Å². The van der Waals surface area contributed by atoms with Gasteiger partial charge >= 0.3 is 5.69 Å². The molecule has 0 aliphatic carbocycles. The summed E-state index contributed by atoms with van der Waals surface area (Å²) in [4.78, 5) is 9.65. The highest BCUT2D eigenvalue weighted by molar-refractivity contribution is 5.50. The first-order valence-electron chi connectivity index (χ1n) is 2.94. The van der Waals surface area contributed by atoms with Crippen molar-refractivity contribution in [2.24, 2.45) is 0 Å². The van der Waals surface area contributed by atoms with E-state index in [0.29, 0.717) is 5.48 Å². The second-order valence-electron chi connectivity index (χ2n) is 1.93. The van der Waals surface area contributed by atoms with Crippen LogP contribution < -0.4 is 5.48 Å². The topological polar surface area (TPSA) is 82.8 Å². The van der Waals surface area contributed by atoms with Crippen molar-refractivity contribution in [3.8, 4) is 0 Å². The molecule has 0 aliphatic heterocycles. The van der Waals surface area contributed by atoms with Crippen molar-refractivity contribution >= 4 is 11.4 Å². The number of nitrogens with zero attached hydrogens (tertiary/aromatic N) is 1. The summed E-state index contributed by atoms with van der Waals surface area (Å²) in [7, 11) is 0. The van der Waals surface area contributed by atoms with E-state index < -0.39 is 4.92 Å². The van der Waals surface area contributed by atoms with Gasteiger partial charge in [-0.1, -0.05) is 12.1 Å². The molecule has 58 valence electrons. The van der Waals surface area contributed by atoms with Crippen LogP contribution in [0.2, 0.25) is 0 Å². The molecular formula is C6H6N2O3. The minimum atomic E-state index is -0.580. The summed E-state index contributed by atoms with van der Waals surface area (Å²) in [5.41, 5.74) is 0.429. The number of nitrogens with two attached hydrogens (primary N) is 1. The van der Waals surface area contributed by atoms with Gasteiger partial charge in [0.2, 0.25) is 5.69 Å². The lowest BCUT2D eigenvalue weighted by Crippen LogP contribution is -2.70. The Balaban J connectivity index is 3.12. The van der Waals surface area contributed by atoms with Crippen molar-refractivity contribution in [3.63, 3.8) is 0 Å². The predicted octanol–water partition coefficient (Wildman–Crippen LogP) is 0.287. The molecule has 0 saturated carbocycles. The Kier molecular flexibility index (Phi) is 2.15. The maximum atomic E-state index is 10.2. The Hall–Kier alpha value is -1.46. The summed E-state index contributed by atoms with van der Waals surface area (Å²) < 4.78 is 0. The Morgan fingerprint density at radius 1 is 1.36 bits per heavy atom. The molecule has 1 aromatic rings. The van der Waals surface area contributed by atoms with Gasteiger partial charge in [-0.25, -0.2) is 0 Å². The number of nitro groups is 1. The summed E-state index contributed by atoms with van der Waals surface area (Å²) in [5, 5.41) is 20.5. The Morgan fingerprint density at radius 3 is 2.45 bits per heavy atom. The van der Waals surface area contributed by atoms with E-state index in [1.54, 1.807) is 6.07 Å². The standard InChI is InChI=1S/C6H6N2O3/c9-7-5-3-1-2-4-6(5)8(10)11/h1-4H,7H2. The molecule has 5 nitrogen and oxygen atoms in total. The van der Waals surface area contributed by atoms with Crippen LogP contribution in [0.5, 0.6) is 0 Å². The van der Waals surface area contributed by atoms with Gasteiger partial charge < -0.3 is 10.7 Å². The average Bonchev–Trinajstić information content (AvgIpc) is 2.04. The summed E-state index contributed by atoms with van der Waals surface area (Å²) in [6, 6.07) is 5.80. The molecule has 5 heteroatoms. The molecule has 0 aliphatic rings. The van der Waals surface area contributed by atoms with Gasteiger partial charge in [0.05, 0.1) is 4.92 Å². The molecule has 0 heterocycles. The molecule has 0 spiro atoms. The quantitative estimate of drug-likeness (QED) is 0.377. The van der Waals surface area contributed by atoms with Crippen LogP contribution in [0.25, 0.3) is 0 Å². The van der Waals surface area contributed by atoms with E-state index in [-0.39, 0.29) is 11.4 Å². The maximum Gasteiger partial charge on any atom is 0.329 e. The highest BCUT2D eigenvalue weighted by atomic mass is 16.6. The van der Waals surface area contributed by atoms with E-state index >= 15 is 0 Å². The molecule has 11 heavy (non-hydrogen) atoms. The normalized spacial score (nSPS) is 9.55. The summed E-state index contributed by atoms with van der Waals surface area (Å²) in [6.07, 6.45) is 0. The lowest BCUT2D eigenvalue weighted by molar-refractivity contribution is -0.507. The van der Waals surface area contributed by atoms with Gasteiger partial charge in [-0.3, -0.25) is 10.1 Å². The van der Waals surface area contributed by atoms with Gasteiger partial charge in [-0.15, -0.1) is 0 Å². The zero-order valence-electron chi connectivity index (χ0n) is 5.56. The van der Waals surface area contributed by atoms with Crippen LogP contribution in [0.15, 0.2) is 24.3 Å². The SMILES string of the molecule is O=[N+]([O-])c1ccccc1[NH2+][O-]. The van der Waals surface area contributed by atoms with Gasteiger partial charge in [0.1, 0.15) is 0 Å². The Labute approximate surface area is 62.4 Å². The van der Waals surface area contributed by atoms with Crippen molar-refractivity contribution in [1.82, 2.24) is 0 Å². The number of benzene rings is 1. The van der Waals surface area contributed by atoms with Crippen LogP contribution in [0.4, 0.5) is 11.4 Å². The lowest BCUT2D eigenvalue weighted by atomic mass is 10.3. The van der Waals surface area contributed by atoms with Gasteiger partial charge in [-0.05, 0) is 0 Å². The van der Waals surface area contributed by atoms with Crippen molar-refractivity contribution in [2.45, 2.75) is 0 Å². The third kappa shape index (κ3) is 1.51. The average molecular weight is 154 g/mol. The van der Waals surface area contributed by atoms with Gasteiger partial charge in [-0.2, -0.15) is 0 Å². The van der Waals surface area contributed by atoms with E-state index in [9.17, 15) is 15.3 Å². The highest BCUT2D eigenvalue weighted by Gasteiger charge is 2.12. The zero-order valence-corrected chi connectivity index (χ0v) is 5.56. The maximum absolute atomic E-state index is 10.2. The second-order valence-corrected chi connectivity index (χ2v) is 1.93. The van der Waals surface area contributed by atoms with E-state index in [4.69, 9.17) is 0 Å². The molecule has 1 rings (SSSR count). The van der Waals surface area contributed by atoms with Gasteiger partial charge in [0.15, 0.2) is 0 Å². The van der Waals surface area contributed by atoms with Crippen molar-refractivity contribution < 1.29 is 10.4 Å². The smallest absolute Gasteiger partial charge is 0.329 e. The van der Waals surface area contributed by atoms with E-state index in [2.05, 4.69) is 0 Å². The number of quaternary nitrogens is 1. The molecule has 2 N–H and O–H groups in total. The summed E-state index contributed by atoms with van der Waals surface area (Å²) in [6.45, 7) is 0. The zero-order chi connectivity index (χ0) is 8.27. The molecule has 1 aromatic carbocycles. The molecule has 0 atom stereocenters. The fourth-order valence-electron chi connectivity index (χ4n) is 0.753. The van der Waals surface area contributed by atoms with Crippen LogP contribution in [-0.4, -0.2) is 4.92 Å². The molecule has 0 aromatic heterocycles. The molecule has 0 bridgehead atoms. The number of nitro benzene ring substituents is 1. The van der Waals surface area contributed by atoms with Crippen molar-refractivity contribution in [3.05, 3.63) is 39.6 Å². The first-order valence-corrected chi connectivity index (χ1v) is 2.94. The third-order valence-electron chi connectivity index (χ3n) is 1.26. The fraction of sp³-hybridized carbons (Fsp3) is 0. The number of hydrogen-bond donors (Lipinski definition) is 1. The highest BCUT2D eigenvalue weighted by Crippen LogP contribution is 2.17. The number of para-hydroxylation sites is 1. The van der Waals surface area contributed by atoms with E-state index in [1.807, 2.05) is 0 Å². The first kappa shape index (κ1) is 7.64. The van der Waals surface area contributed by atoms with Crippen LogP contribution in [-0.2, 0) is 0 Å². The minimum absolute atomic E-state index is 0.109. The largest absolute Gasteiger partial charge is 0.630 e. The van der Waals surface area contributed by atoms with Gasteiger partial charge in [0.25, 0.3) is 0 Å². The molecule has 0 amide bonds. The van der Waals surface area contributed by atoms with Crippen LogP contribution >= 0.6 is 0 Å². The van der Waals surface area contributed by atoms with E-state index in [1.165, 1.54) is 18.2 Å². The Bertz CT molecular complexity index is 274.